The highest BCUT2D eigenvalue weighted by Crippen LogP contribution is 2.30. The van der Waals surface area contributed by atoms with E-state index in [2.05, 4.69) is 16.5 Å². The fraction of sp³-hybridized carbons (Fsp3) is 0.417. The summed E-state index contributed by atoms with van der Waals surface area (Å²) in [6.07, 6.45) is 2.30. The Morgan fingerprint density at radius 3 is 2.75 bits per heavy atom. The Kier molecular flexibility index (Phi) is 3.46. The predicted molar refractivity (Wildman–Crippen MR) is 66.1 cm³/mol. The fourth-order valence-electron chi connectivity index (χ4n) is 2.29. The van der Waals surface area contributed by atoms with Gasteiger partial charge in [-0.2, -0.15) is 0 Å². The molecule has 0 aliphatic carbocycles. The first kappa shape index (κ1) is 11.4. The maximum absolute atomic E-state index is 5.48. The summed E-state index contributed by atoms with van der Waals surface area (Å²) in [7, 11) is 0. The summed E-state index contributed by atoms with van der Waals surface area (Å²) in [6, 6.07) is 8.15. The molecule has 2 aromatic rings. The summed E-state index contributed by atoms with van der Waals surface area (Å²) in [5.74, 6) is 1.62. The number of nitrogens with one attached hydrogen (secondary N) is 1. The van der Waals surface area contributed by atoms with Crippen LogP contribution >= 0.6 is 12.4 Å². The first-order chi connectivity index (χ1) is 7.45. The molecule has 1 aliphatic rings. The summed E-state index contributed by atoms with van der Waals surface area (Å²) in [6.45, 7) is 2.17. The number of nitrogens with zero attached hydrogens (tertiary/aromatic N) is 1. The monoisotopic (exact) mass is 238 g/mol. The molecule has 1 fully saturated rings. The molecule has 0 bridgehead atoms. The van der Waals surface area contributed by atoms with Crippen molar-refractivity contribution in [3.05, 3.63) is 30.0 Å². The number of halogens is 1. The Hall–Kier alpha value is -1.06. The lowest BCUT2D eigenvalue weighted by Gasteiger charge is -2.20. The van der Waals surface area contributed by atoms with Crippen LogP contribution < -0.4 is 5.32 Å². The summed E-state index contributed by atoms with van der Waals surface area (Å²) in [5.41, 5.74) is 0.978. The zero-order valence-electron chi connectivity index (χ0n) is 8.98. The molecule has 86 valence electrons. The van der Waals surface area contributed by atoms with E-state index < -0.39 is 0 Å². The average molecular weight is 239 g/mol. The minimum Gasteiger partial charge on any atom is -0.360 e. The molecule has 1 aromatic carbocycles. The Bertz CT molecular complexity index is 463. The number of aromatic nitrogens is 1. The van der Waals surface area contributed by atoms with Crippen LogP contribution in [-0.2, 0) is 0 Å². The van der Waals surface area contributed by atoms with Crippen molar-refractivity contribution in [2.24, 2.45) is 0 Å². The van der Waals surface area contributed by atoms with Gasteiger partial charge in [0.15, 0.2) is 0 Å². The van der Waals surface area contributed by atoms with Crippen LogP contribution in [0, 0.1) is 0 Å². The zero-order chi connectivity index (χ0) is 10.1. The van der Waals surface area contributed by atoms with E-state index in [0.29, 0.717) is 5.92 Å². The van der Waals surface area contributed by atoms with Gasteiger partial charge < -0.3 is 9.84 Å². The second kappa shape index (κ2) is 4.85. The van der Waals surface area contributed by atoms with Crippen LogP contribution in [0.3, 0.4) is 0 Å². The van der Waals surface area contributed by atoms with Crippen LogP contribution in [-0.4, -0.2) is 18.2 Å². The number of hydrogen-bond acceptors (Lipinski definition) is 3. The number of hydrogen-bond donors (Lipinski definition) is 1. The molecule has 0 saturated carbocycles. The second-order valence-electron chi connectivity index (χ2n) is 4.09. The molecule has 2 heterocycles. The van der Waals surface area contributed by atoms with Crippen molar-refractivity contribution in [3.63, 3.8) is 0 Å². The number of fused-ring (bicyclic) bond motifs is 1. The van der Waals surface area contributed by atoms with Crippen molar-refractivity contribution in [3.8, 4) is 0 Å². The lowest BCUT2D eigenvalue weighted by Crippen LogP contribution is -2.26. The van der Waals surface area contributed by atoms with Gasteiger partial charge in [-0.15, -0.1) is 12.4 Å². The van der Waals surface area contributed by atoms with Crippen molar-refractivity contribution in [2.45, 2.75) is 18.8 Å². The molecule has 1 aliphatic heterocycles. The van der Waals surface area contributed by atoms with Crippen LogP contribution in [0.5, 0.6) is 0 Å². The fourth-order valence-corrected chi connectivity index (χ4v) is 2.29. The maximum atomic E-state index is 5.48. The number of rotatable bonds is 1. The zero-order valence-corrected chi connectivity index (χ0v) is 9.80. The van der Waals surface area contributed by atoms with Gasteiger partial charge in [-0.25, -0.2) is 0 Å². The molecule has 16 heavy (non-hydrogen) atoms. The molecule has 1 N–H and O–H groups in total. The van der Waals surface area contributed by atoms with Crippen molar-refractivity contribution < 1.29 is 4.52 Å². The van der Waals surface area contributed by atoms with Crippen molar-refractivity contribution >= 4 is 23.3 Å². The topological polar surface area (TPSA) is 38.1 Å². The van der Waals surface area contributed by atoms with E-state index in [4.69, 9.17) is 4.52 Å². The van der Waals surface area contributed by atoms with Crippen LogP contribution in [0.15, 0.2) is 28.8 Å². The van der Waals surface area contributed by atoms with Gasteiger partial charge in [0.1, 0.15) is 11.3 Å². The minimum atomic E-state index is 0. The third-order valence-corrected chi connectivity index (χ3v) is 3.12. The first-order valence-corrected chi connectivity index (χ1v) is 5.50. The molecule has 3 nitrogen and oxygen atoms in total. The van der Waals surface area contributed by atoms with Crippen LogP contribution in [0.1, 0.15) is 24.5 Å². The van der Waals surface area contributed by atoms with Crippen LogP contribution in [0.25, 0.3) is 10.9 Å². The summed E-state index contributed by atoms with van der Waals surface area (Å²) in [4.78, 5) is 0. The normalized spacial score (nSPS) is 17.2. The lowest BCUT2D eigenvalue weighted by atomic mass is 9.93. The van der Waals surface area contributed by atoms with Gasteiger partial charge in [-0.1, -0.05) is 17.3 Å². The van der Waals surface area contributed by atoms with Gasteiger partial charge in [-0.3, -0.25) is 0 Å². The molecular formula is C12H15ClN2O. The second-order valence-corrected chi connectivity index (χ2v) is 4.09. The minimum absolute atomic E-state index is 0. The van der Waals surface area contributed by atoms with E-state index in [-0.39, 0.29) is 12.4 Å². The summed E-state index contributed by atoms with van der Waals surface area (Å²) < 4.78 is 5.48. The smallest absolute Gasteiger partial charge is 0.147 e. The largest absolute Gasteiger partial charge is 0.360 e. The van der Waals surface area contributed by atoms with E-state index in [1.807, 2.05) is 18.2 Å². The average Bonchev–Trinajstić information content (AvgIpc) is 2.74. The van der Waals surface area contributed by atoms with E-state index in [0.717, 1.165) is 37.2 Å². The Balaban J connectivity index is 0.000000963. The summed E-state index contributed by atoms with van der Waals surface area (Å²) >= 11 is 0. The molecule has 0 unspecified atom stereocenters. The van der Waals surface area contributed by atoms with Crippen LogP contribution in [0.4, 0.5) is 0 Å². The van der Waals surface area contributed by atoms with Gasteiger partial charge in [0.2, 0.25) is 0 Å². The number of piperidine rings is 1. The Morgan fingerprint density at radius 1 is 1.19 bits per heavy atom. The molecule has 4 heteroatoms. The molecule has 1 saturated heterocycles. The van der Waals surface area contributed by atoms with Gasteiger partial charge in [-0.05, 0) is 38.1 Å². The van der Waals surface area contributed by atoms with E-state index in [1.54, 1.807) is 0 Å². The molecule has 0 radical (unpaired) electrons. The third-order valence-electron chi connectivity index (χ3n) is 3.12. The molecule has 1 aromatic heterocycles. The molecule has 0 spiro atoms. The molecule has 0 amide bonds. The molecule has 3 rings (SSSR count). The van der Waals surface area contributed by atoms with Crippen molar-refractivity contribution in [1.29, 1.82) is 0 Å². The SMILES string of the molecule is Cl.c1ccc2c(C3CCNCC3)onc2c1. The first-order valence-electron chi connectivity index (χ1n) is 5.50. The molecular weight excluding hydrogens is 224 g/mol. The summed E-state index contributed by atoms with van der Waals surface area (Å²) in [5, 5.41) is 8.65. The highest BCUT2D eigenvalue weighted by Gasteiger charge is 2.21. The quantitative estimate of drug-likeness (QED) is 0.830. The van der Waals surface area contributed by atoms with E-state index >= 15 is 0 Å². The van der Waals surface area contributed by atoms with Gasteiger partial charge in [0, 0.05) is 11.3 Å². The maximum Gasteiger partial charge on any atom is 0.147 e. The third kappa shape index (κ3) is 1.93. The highest BCUT2D eigenvalue weighted by molar-refractivity contribution is 5.85. The van der Waals surface area contributed by atoms with Crippen molar-refractivity contribution in [2.75, 3.05) is 13.1 Å². The van der Waals surface area contributed by atoms with Crippen molar-refractivity contribution in [1.82, 2.24) is 10.5 Å². The van der Waals surface area contributed by atoms with E-state index in [9.17, 15) is 0 Å². The Morgan fingerprint density at radius 2 is 1.94 bits per heavy atom. The van der Waals surface area contributed by atoms with Crippen LogP contribution in [0.2, 0.25) is 0 Å². The predicted octanol–water partition coefficient (Wildman–Crippen LogP) is 2.72. The van der Waals surface area contributed by atoms with Gasteiger partial charge >= 0.3 is 0 Å². The lowest BCUT2D eigenvalue weighted by molar-refractivity contribution is 0.333. The standard InChI is InChI=1S/C12H14N2O.ClH/c1-2-4-11-10(3-1)12(15-14-11)9-5-7-13-8-6-9;/h1-4,9,13H,5-8H2;1H. The van der Waals surface area contributed by atoms with Gasteiger partial charge in [0.05, 0.1) is 0 Å². The van der Waals surface area contributed by atoms with Gasteiger partial charge in [0.25, 0.3) is 0 Å². The Labute approximate surface area is 101 Å². The van der Waals surface area contributed by atoms with E-state index in [1.165, 1.54) is 5.39 Å². The highest BCUT2D eigenvalue weighted by atomic mass is 35.5. The number of benzene rings is 1. The molecule has 0 atom stereocenters.